The van der Waals surface area contributed by atoms with E-state index in [1.54, 1.807) is 6.20 Å². The van der Waals surface area contributed by atoms with Gasteiger partial charge in [0, 0.05) is 11.8 Å². The summed E-state index contributed by atoms with van der Waals surface area (Å²) in [5.74, 6) is 0.601. The van der Waals surface area contributed by atoms with Crippen molar-refractivity contribution >= 4 is 40.1 Å². The Bertz CT molecular complexity index is 1420. The van der Waals surface area contributed by atoms with Crippen molar-refractivity contribution in [2.24, 2.45) is 0 Å². The van der Waals surface area contributed by atoms with Crippen LogP contribution in [-0.2, 0) is 0 Å². The molecule has 0 saturated carbocycles. The first-order valence-electron chi connectivity index (χ1n) is 11.4. The Hall–Kier alpha value is -4.28. The topological polar surface area (TPSA) is 38.9 Å². The zero-order chi connectivity index (χ0) is 22.8. The molecule has 6 aromatic rings. The van der Waals surface area contributed by atoms with Crippen LogP contribution in [0.25, 0.3) is 22.7 Å². The second-order valence-electron chi connectivity index (χ2n) is 8.24. The molecule has 0 amide bonds. The van der Waals surface area contributed by atoms with E-state index in [-0.39, 0.29) is 0 Å². The van der Waals surface area contributed by atoms with Crippen molar-refractivity contribution in [1.29, 1.82) is 0 Å². The molecule has 162 valence electrons. The zero-order valence-corrected chi connectivity index (χ0v) is 19.5. The van der Waals surface area contributed by atoms with Gasteiger partial charge in [0.2, 0.25) is 11.6 Å². The summed E-state index contributed by atoms with van der Waals surface area (Å²) in [6, 6.07) is 45.0. The molecule has 0 N–H and O–H groups in total. The molecular weight excluding hydrogens is 432 g/mol. The average molecular weight is 455 g/mol. The van der Waals surface area contributed by atoms with E-state index in [0.29, 0.717) is 11.6 Å². The van der Waals surface area contributed by atoms with E-state index in [2.05, 4.69) is 120 Å². The Morgan fingerprint density at radius 1 is 0.529 bits per heavy atom. The number of fused-ring (bicyclic) bond motifs is 1. The lowest BCUT2D eigenvalue weighted by Crippen LogP contribution is -2.75. The molecular formula is C30H22N2OSi. The van der Waals surface area contributed by atoms with Gasteiger partial charge in [-0.15, -0.1) is 0 Å². The first-order chi connectivity index (χ1) is 16.9. The SMILES string of the molecule is c1ccc([Si](c2ccccc2)(c2ccccc2)c2ccccc2-c2nc3cccnc3o2)cc1. The van der Waals surface area contributed by atoms with Crippen molar-refractivity contribution in [2.45, 2.75) is 0 Å². The summed E-state index contributed by atoms with van der Waals surface area (Å²) in [4.78, 5) is 9.21. The number of nitrogens with zero attached hydrogens (tertiary/aromatic N) is 2. The number of hydrogen-bond acceptors (Lipinski definition) is 3. The Labute approximate surface area is 199 Å². The van der Waals surface area contributed by atoms with Crippen LogP contribution in [0.5, 0.6) is 0 Å². The minimum absolute atomic E-state index is 0.554. The molecule has 4 heteroatoms. The van der Waals surface area contributed by atoms with Gasteiger partial charge in [-0.05, 0) is 38.9 Å². The van der Waals surface area contributed by atoms with Crippen molar-refractivity contribution in [2.75, 3.05) is 0 Å². The van der Waals surface area contributed by atoms with Gasteiger partial charge in [0.25, 0.3) is 0 Å². The number of pyridine rings is 1. The summed E-state index contributed by atoms with van der Waals surface area (Å²) in [6.07, 6.45) is 1.74. The van der Waals surface area contributed by atoms with Gasteiger partial charge in [-0.25, -0.2) is 9.97 Å². The van der Waals surface area contributed by atoms with Crippen LogP contribution >= 0.6 is 0 Å². The van der Waals surface area contributed by atoms with Gasteiger partial charge < -0.3 is 4.42 Å². The van der Waals surface area contributed by atoms with Gasteiger partial charge in [0.1, 0.15) is 5.52 Å². The average Bonchev–Trinajstić information content (AvgIpc) is 3.36. The standard InChI is InChI=1S/C30H22N2OSi/c1-4-13-23(14-5-1)34(24-15-6-2-7-16-24,25-17-8-3-9-18-25)28-21-11-10-19-26(28)29-32-27-20-12-22-31-30(27)33-29/h1-22H. The van der Waals surface area contributed by atoms with Crippen LogP contribution in [0.2, 0.25) is 0 Å². The zero-order valence-electron chi connectivity index (χ0n) is 18.5. The molecule has 2 heterocycles. The number of rotatable bonds is 5. The van der Waals surface area contributed by atoms with Crippen molar-refractivity contribution in [3.05, 3.63) is 134 Å². The van der Waals surface area contributed by atoms with Gasteiger partial charge in [0.05, 0.1) is 0 Å². The smallest absolute Gasteiger partial charge is 0.247 e. The summed E-state index contributed by atoms with van der Waals surface area (Å²) in [7, 11) is -2.70. The fraction of sp³-hybridized carbons (Fsp3) is 0. The third kappa shape index (κ3) is 3.28. The first-order valence-corrected chi connectivity index (χ1v) is 13.4. The summed E-state index contributed by atoms with van der Waals surface area (Å²) in [5.41, 5.74) is 2.32. The second kappa shape index (κ2) is 8.58. The Kier molecular flexibility index (Phi) is 5.13. The van der Waals surface area contributed by atoms with Gasteiger partial charge in [-0.3, -0.25) is 0 Å². The van der Waals surface area contributed by atoms with Crippen molar-refractivity contribution in [1.82, 2.24) is 9.97 Å². The highest BCUT2D eigenvalue weighted by atomic mass is 28.3. The largest absolute Gasteiger partial charge is 0.418 e. The molecule has 34 heavy (non-hydrogen) atoms. The Morgan fingerprint density at radius 2 is 1.06 bits per heavy atom. The molecule has 6 rings (SSSR count). The molecule has 0 fully saturated rings. The van der Waals surface area contributed by atoms with Gasteiger partial charge >= 0.3 is 0 Å². The van der Waals surface area contributed by atoms with Gasteiger partial charge in [-0.1, -0.05) is 109 Å². The number of benzene rings is 4. The lowest BCUT2D eigenvalue weighted by atomic mass is 10.2. The predicted octanol–water partition coefficient (Wildman–Crippen LogP) is 4.27. The number of oxazole rings is 1. The Morgan fingerprint density at radius 3 is 1.62 bits per heavy atom. The summed E-state index contributed by atoms with van der Waals surface area (Å²) < 4.78 is 6.20. The van der Waals surface area contributed by atoms with E-state index in [9.17, 15) is 0 Å². The van der Waals surface area contributed by atoms with E-state index in [0.717, 1.165) is 11.1 Å². The normalized spacial score (nSPS) is 11.5. The summed E-state index contributed by atoms with van der Waals surface area (Å²) in [5, 5.41) is 5.18. The maximum Gasteiger partial charge on any atom is 0.247 e. The lowest BCUT2D eigenvalue weighted by molar-refractivity contribution is 0.608. The highest BCUT2D eigenvalue weighted by molar-refractivity contribution is 7.20. The summed E-state index contributed by atoms with van der Waals surface area (Å²) >= 11 is 0. The minimum Gasteiger partial charge on any atom is -0.418 e. The van der Waals surface area contributed by atoms with Crippen LogP contribution in [0, 0.1) is 0 Å². The Balaban J connectivity index is 1.74. The molecule has 0 unspecified atom stereocenters. The lowest BCUT2D eigenvalue weighted by Gasteiger charge is -2.35. The molecule has 0 atom stereocenters. The van der Waals surface area contributed by atoms with Crippen LogP contribution in [-0.4, -0.2) is 18.0 Å². The van der Waals surface area contributed by atoms with E-state index in [1.807, 2.05) is 12.1 Å². The highest BCUT2D eigenvalue weighted by Crippen LogP contribution is 2.24. The number of aromatic nitrogens is 2. The fourth-order valence-corrected chi connectivity index (χ4v) is 9.86. The van der Waals surface area contributed by atoms with Gasteiger partial charge in [-0.2, -0.15) is 0 Å². The molecule has 0 bridgehead atoms. The highest BCUT2D eigenvalue weighted by Gasteiger charge is 2.43. The molecule has 0 aliphatic heterocycles. The summed E-state index contributed by atoms with van der Waals surface area (Å²) in [6.45, 7) is 0. The van der Waals surface area contributed by atoms with E-state index in [4.69, 9.17) is 9.40 Å². The van der Waals surface area contributed by atoms with Crippen LogP contribution in [0.15, 0.2) is 138 Å². The predicted molar refractivity (Wildman–Crippen MR) is 141 cm³/mol. The monoisotopic (exact) mass is 454 g/mol. The van der Waals surface area contributed by atoms with E-state index in [1.165, 1.54) is 20.7 Å². The van der Waals surface area contributed by atoms with Crippen molar-refractivity contribution < 1.29 is 4.42 Å². The molecule has 0 aliphatic carbocycles. The van der Waals surface area contributed by atoms with Gasteiger partial charge in [0.15, 0.2) is 8.07 Å². The molecule has 0 aliphatic rings. The van der Waals surface area contributed by atoms with Crippen molar-refractivity contribution in [3.8, 4) is 11.5 Å². The molecule has 0 spiro atoms. The molecule has 2 aromatic heterocycles. The third-order valence-electron chi connectivity index (χ3n) is 6.35. The number of hydrogen-bond donors (Lipinski definition) is 0. The third-order valence-corrected chi connectivity index (χ3v) is 11.2. The van der Waals surface area contributed by atoms with Crippen LogP contribution in [0.1, 0.15) is 0 Å². The molecule has 0 radical (unpaired) electrons. The first kappa shape index (κ1) is 20.3. The van der Waals surface area contributed by atoms with Crippen molar-refractivity contribution in [3.63, 3.8) is 0 Å². The van der Waals surface area contributed by atoms with Crippen LogP contribution in [0.4, 0.5) is 0 Å². The van der Waals surface area contributed by atoms with E-state index < -0.39 is 8.07 Å². The molecule has 4 aromatic carbocycles. The molecule has 0 saturated heterocycles. The maximum atomic E-state index is 6.20. The van der Waals surface area contributed by atoms with Crippen LogP contribution < -0.4 is 20.7 Å². The fourth-order valence-electron chi connectivity index (χ4n) is 4.91. The molecule has 3 nitrogen and oxygen atoms in total. The van der Waals surface area contributed by atoms with E-state index >= 15 is 0 Å². The second-order valence-corrected chi connectivity index (χ2v) is 12.0. The maximum absolute atomic E-state index is 6.20. The quantitative estimate of drug-likeness (QED) is 0.289. The minimum atomic E-state index is -2.70. The van der Waals surface area contributed by atoms with Crippen LogP contribution in [0.3, 0.4) is 0 Å².